The summed E-state index contributed by atoms with van der Waals surface area (Å²) in [5.74, 6) is 1.09. The molecule has 1 saturated heterocycles. The second-order valence-electron chi connectivity index (χ2n) is 5.68. The molecular formula is C15H19N5O2S. The number of thioether (sulfide) groups is 1. The van der Waals surface area contributed by atoms with Gasteiger partial charge in [0.15, 0.2) is 0 Å². The maximum Gasteiger partial charge on any atom is 0.233 e. The Bertz CT molecular complexity index is 663. The summed E-state index contributed by atoms with van der Waals surface area (Å²) in [6.07, 6.45) is 3.76. The predicted octanol–water partition coefficient (Wildman–Crippen LogP) is 0.662. The van der Waals surface area contributed by atoms with Gasteiger partial charge in [0.1, 0.15) is 5.82 Å². The van der Waals surface area contributed by atoms with Crippen molar-refractivity contribution in [3.63, 3.8) is 0 Å². The van der Waals surface area contributed by atoms with Gasteiger partial charge in [-0.25, -0.2) is 4.98 Å². The number of pyridine rings is 1. The standard InChI is InChI=1S/C15H19N5O2S/c1-10-17-15(19-18-10)23-9-14(22)20-7-12(13(21)8-20)6-11-2-4-16-5-3-11/h2-5,12-13,21H,6-9H2,1H3,(H,17,18,19)/t12-,13-/m1/s1. The summed E-state index contributed by atoms with van der Waals surface area (Å²) in [6, 6.07) is 3.89. The Kier molecular flexibility index (Phi) is 4.92. The third kappa shape index (κ3) is 4.08. The molecule has 2 atom stereocenters. The van der Waals surface area contributed by atoms with E-state index in [9.17, 15) is 9.90 Å². The number of rotatable bonds is 5. The number of H-pyrrole nitrogens is 1. The SMILES string of the molecule is Cc1nc(SCC(=O)N2C[C@@H](Cc3ccncc3)[C@H](O)C2)n[nH]1. The minimum absolute atomic E-state index is 0.00808. The van der Waals surface area contributed by atoms with E-state index >= 15 is 0 Å². The molecule has 0 radical (unpaired) electrons. The Labute approximate surface area is 138 Å². The van der Waals surface area contributed by atoms with E-state index in [1.807, 2.05) is 19.1 Å². The monoisotopic (exact) mass is 333 g/mol. The topological polar surface area (TPSA) is 95.0 Å². The summed E-state index contributed by atoms with van der Waals surface area (Å²) in [7, 11) is 0. The number of likely N-dealkylation sites (tertiary alicyclic amines) is 1. The zero-order chi connectivity index (χ0) is 16.2. The number of hydrogen-bond acceptors (Lipinski definition) is 6. The third-order valence-corrected chi connectivity index (χ3v) is 4.74. The Hall–Kier alpha value is -1.93. The maximum atomic E-state index is 12.3. The molecular weight excluding hydrogens is 314 g/mol. The van der Waals surface area contributed by atoms with Crippen molar-refractivity contribution < 1.29 is 9.90 Å². The molecule has 2 N–H and O–H groups in total. The van der Waals surface area contributed by atoms with Crippen LogP contribution in [0.3, 0.4) is 0 Å². The Morgan fingerprint density at radius 3 is 2.91 bits per heavy atom. The molecule has 8 heteroatoms. The van der Waals surface area contributed by atoms with Crippen molar-refractivity contribution in [3.05, 3.63) is 35.9 Å². The van der Waals surface area contributed by atoms with Crippen molar-refractivity contribution in [2.45, 2.75) is 24.6 Å². The number of aliphatic hydroxyl groups excluding tert-OH is 1. The molecule has 0 aliphatic carbocycles. The molecule has 2 aromatic heterocycles. The van der Waals surface area contributed by atoms with Crippen molar-refractivity contribution in [3.8, 4) is 0 Å². The first-order valence-electron chi connectivity index (χ1n) is 7.48. The number of carbonyl (C=O) groups excluding carboxylic acids is 1. The van der Waals surface area contributed by atoms with Gasteiger partial charge in [0.05, 0.1) is 11.9 Å². The van der Waals surface area contributed by atoms with Crippen molar-refractivity contribution >= 4 is 17.7 Å². The van der Waals surface area contributed by atoms with Crippen LogP contribution in [0, 0.1) is 12.8 Å². The van der Waals surface area contributed by atoms with Gasteiger partial charge in [-0.05, 0) is 31.0 Å². The molecule has 0 saturated carbocycles. The molecule has 3 rings (SSSR count). The molecule has 7 nitrogen and oxygen atoms in total. The molecule has 3 heterocycles. The molecule has 0 bridgehead atoms. The number of hydrogen-bond donors (Lipinski definition) is 2. The number of amides is 1. The Morgan fingerprint density at radius 1 is 1.43 bits per heavy atom. The molecule has 122 valence electrons. The highest BCUT2D eigenvalue weighted by Crippen LogP contribution is 2.23. The van der Waals surface area contributed by atoms with Gasteiger partial charge < -0.3 is 10.0 Å². The fourth-order valence-corrected chi connectivity index (χ4v) is 3.43. The van der Waals surface area contributed by atoms with Crippen LogP contribution in [-0.4, -0.2) is 61.0 Å². The molecule has 2 aromatic rings. The number of aliphatic hydroxyl groups is 1. The minimum Gasteiger partial charge on any atom is -0.391 e. The second kappa shape index (κ2) is 7.10. The van der Waals surface area contributed by atoms with E-state index in [4.69, 9.17) is 0 Å². The van der Waals surface area contributed by atoms with E-state index < -0.39 is 6.10 Å². The van der Waals surface area contributed by atoms with E-state index in [-0.39, 0.29) is 17.6 Å². The zero-order valence-corrected chi connectivity index (χ0v) is 13.7. The van der Waals surface area contributed by atoms with Gasteiger partial charge in [-0.15, -0.1) is 5.10 Å². The second-order valence-corrected chi connectivity index (χ2v) is 6.62. The summed E-state index contributed by atoms with van der Waals surface area (Å²) in [4.78, 5) is 22.2. The zero-order valence-electron chi connectivity index (χ0n) is 12.8. The van der Waals surface area contributed by atoms with Gasteiger partial charge in [0, 0.05) is 31.4 Å². The lowest BCUT2D eigenvalue weighted by molar-refractivity contribution is -0.127. The maximum absolute atomic E-state index is 12.3. The van der Waals surface area contributed by atoms with E-state index in [0.717, 1.165) is 17.8 Å². The van der Waals surface area contributed by atoms with Gasteiger partial charge >= 0.3 is 0 Å². The van der Waals surface area contributed by atoms with Crippen LogP contribution in [0.4, 0.5) is 0 Å². The lowest BCUT2D eigenvalue weighted by atomic mass is 9.97. The average molecular weight is 333 g/mol. The van der Waals surface area contributed by atoms with Crippen molar-refractivity contribution in [2.75, 3.05) is 18.8 Å². The number of aryl methyl sites for hydroxylation is 1. The van der Waals surface area contributed by atoms with Gasteiger partial charge in [-0.2, -0.15) is 0 Å². The number of nitrogens with one attached hydrogen (secondary N) is 1. The Balaban J connectivity index is 1.52. The smallest absolute Gasteiger partial charge is 0.233 e. The van der Waals surface area contributed by atoms with Crippen LogP contribution < -0.4 is 0 Å². The summed E-state index contributed by atoms with van der Waals surface area (Å²) >= 11 is 1.31. The molecule has 0 aromatic carbocycles. The molecule has 1 fully saturated rings. The first-order valence-corrected chi connectivity index (χ1v) is 8.47. The van der Waals surface area contributed by atoms with Crippen LogP contribution in [0.1, 0.15) is 11.4 Å². The van der Waals surface area contributed by atoms with E-state index in [0.29, 0.717) is 18.2 Å². The highest BCUT2D eigenvalue weighted by Gasteiger charge is 2.33. The van der Waals surface area contributed by atoms with Crippen LogP contribution in [0.2, 0.25) is 0 Å². The van der Waals surface area contributed by atoms with Crippen LogP contribution in [0.25, 0.3) is 0 Å². The van der Waals surface area contributed by atoms with Crippen molar-refractivity contribution in [1.82, 2.24) is 25.1 Å². The lowest BCUT2D eigenvalue weighted by Crippen LogP contribution is -2.31. The highest BCUT2D eigenvalue weighted by molar-refractivity contribution is 7.99. The van der Waals surface area contributed by atoms with Crippen LogP contribution in [0.15, 0.2) is 29.7 Å². The van der Waals surface area contributed by atoms with E-state index in [1.54, 1.807) is 17.3 Å². The van der Waals surface area contributed by atoms with Gasteiger partial charge in [0.2, 0.25) is 11.1 Å². The fraction of sp³-hybridized carbons (Fsp3) is 0.467. The highest BCUT2D eigenvalue weighted by atomic mass is 32.2. The van der Waals surface area contributed by atoms with Crippen molar-refractivity contribution in [1.29, 1.82) is 0 Å². The van der Waals surface area contributed by atoms with Gasteiger partial charge in [-0.1, -0.05) is 11.8 Å². The lowest BCUT2D eigenvalue weighted by Gasteiger charge is -2.15. The third-order valence-electron chi connectivity index (χ3n) is 3.91. The normalized spacial score (nSPS) is 20.9. The molecule has 1 aliphatic heterocycles. The first kappa shape index (κ1) is 15.9. The van der Waals surface area contributed by atoms with Crippen LogP contribution in [-0.2, 0) is 11.2 Å². The predicted molar refractivity (Wildman–Crippen MR) is 85.9 cm³/mol. The number of aromatic amines is 1. The fourth-order valence-electron chi connectivity index (χ4n) is 2.68. The van der Waals surface area contributed by atoms with Crippen LogP contribution >= 0.6 is 11.8 Å². The molecule has 1 aliphatic rings. The van der Waals surface area contributed by atoms with E-state index in [1.165, 1.54) is 11.8 Å². The minimum atomic E-state index is -0.483. The van der Waals surface area contributed by atoms with Gasteiger partial charge in [0.25, 0.3) is 0 Å². The summed E-state index contributed by atoms with van der Waals surface area (Å²) < 4.78 is 0. The number of β-amino-alcohol motifs (C(OH)–C–C–N with tert-alkyl or cyclic N) is 1. The summed E-state index contributed by atoms with van der Waals surface area (Å²) in [5.41, 5.74) is 1.13. The summed E-state index contributed by atoms with van der Waals surface area (Å²) in [5, 5.41) is 17.5. The summed E-state index contributed by atoms with van der Waals surface area (Å²) in [6.45, 7) is 2.79. The molecule has 1 amide bonds. The molecule has 0 unspecified atom stereocenters. The number of carbonyl (C=O) groups is 1. The largest absolute Gasteiger partial charge is 0.391 e. The quantitative estimate of drug-likeness (QED) is 0.781. The average Bonchev–Trinajstić information content (AvgIpc) is 3.12. The van der Waals surface area contributed by atoms with E-state index in [2.05, 4.69) is 20.2 Å². The number of aromatic nitrogens is 4. The first-order chi connectivity index (χ1) is 11.1. The van der Waals surface area contributed by atoms with Crippen LogP contribution in [0.5, 0.6) is 0 Å². The van der Waals surface area contributed by atoms with Crippen molar-refractivity contribution in [2.24, 2.45) is 5.92 Å². The Morgan fingerprint density at radius 2 is 2.22 bits per heavy atom. The molecule has 0 spiro atoms. The molecule has 23 heavy (non-hydrogen) atoms. The number of nitrogens with zero attached hydrogens (tertiary/aromatic N) is 4. The van der Waals surface area contributed by atoms with Gasteiger partial charge in [-0.3, -0.25) is 14.9 Å².